The number of rotatable bonds is 1. The van der Waals surface area contributed by atoms with E-state index in [0.717, 1.165) is 19.2 Å². The van der Waals surface area contributed by atoms with Crippen molar-refractivity contribution in [2.24, 2.45) is 7.05 Å². The van der Waals surface area contributed by atoms with Gasteiger partial charge >= 0.3 is 11.9 Å². The summed E-state index contributed by atoms with van der Waals surface area (Å²) >= 11 is 6.05. The number of aromatic nitrogens is 2. The molecule has 120 valence electrons. The van der Waals surface area contributed by atoms with Crippen LogP contribution in [0.3, 0.4) is 0 Å². The van der Waals surface area contributed by atoms with Gasteiger partial charge in [0.1, 0.15) is 5.69 Å². The maximum absolute atomic E-state index is 12.8. The molecule has 0 fully saturated rings. The smallest absolute Gasteiger partial charge is 0.408 e. The Balaban J connectivity index is 2.27. The molecule has 2 heterocycles. The van der Waals surface area contributed by atoms with Crippen LogP contribution in [0.1, 0.15) is 5.69 Å². The predicted octanol–water partition coefficient (Wildman–Crippen LogP) is 3.16. The van der Waals surface area contributed by atoms with Gasteiger partial charge in [-0.05, 0) is 18.2 Å². The standard InChI is InChI=1S/C14H8ClF3N2O3/c1-20-11(14(16,17)18)3-2-6(12(20)21)7-4-9-10(5-8(7)15)23-13(22)19-9/h2-5H,1H3,(H,19,22). The summed E-state index contributed by atoms with van der Waals surface area (Å²) in [6.45, 7) is 0. The average Bonchev–Trinajstić information content (AvgIpc) is 2.79. The zero-order valence-corrected chi connectivity index (χ0v) is 12.2. The summed E-state index contributed by atoms with van der Waals surface area (Å²) in [6, 6.07) is 4.56. The lowest BCUT2D eigenvalue weighted by Crippen LogP contribution is -2.26. The van der Waals surface area contributed by atoms with Crippen molar-refractivity contribution in [1.29, 1.82) is 0 Å². The molecule has 5 nitrogen and oxygen atoms in total. The fourth-order valence-corrected chi connectivity index (χ4v) is 2.56. The van der Waals surface area contributed by atoms with E-state index in [1.54, 1.807) is 0 Å². The van der Waals surface area contributed by atoms with Crippen molar-refractivity contribution in [3.8, 4) is 11.1 Å². The Labute approximate surface area is 130 Å². The highest BCUT2D eigenvalue weighted by atomic mass is 35.5. The van der Waals surface area contributed by atoms with Crippen LogP contribution in [-0.2, 0) is 13.2 Å². The van der Waals surface area contributed by atoms with E-state index in [1.165, 1.54) is 12.1 Å². The van der Waals surface area contributed by atoms with Crippen molar-refractivity contribution in [3.63, 3.8) is 0 Å². The van der Waals surface area contributed by atoms with Crippen molar-refractivity contribution >= 4 is 22.7 Å². The van der Waals surface area contributed by atoms with E-state index in [9.17, 15) is 22.8 Å². The van der Waals surface area contributed by atoms with Crippen LogP contribution in [-0.4, -0.2) is 9.55 Å². The summed E-state index contributed by atoms with van der Waals surface area (Å²) in [7, 11) is 1.03. The van der Waals surface area contributed by atoms with Crippen LogP contribution in [0.4, 0.5) is 13.2 Å². The zero-order chi connectivity index (χ0) is 16.9. The molecule has 1 N–H and O–H groups in total. The van der Waals surface area contributed by atoms with E-state index in [0.29, 0.717) is 4.57 Å². The number of aromatic amines is 1. The zero-order valence-electron chi connectivity index (χ0n) is 11.5. The SMILES string of the molecule is Cn1c(C(F)(F)F)ccc(-c2cc3[nH]c(=O)oc3cc2Cl)c1=O. The molecule has 0 spiro atoms. The number of benzene rings is 1. The maximum atomic E-state index is 12.8. The molecule has 0 bridgehead atoms. The number of hydrogen-bond donors (Lipinski definition) is 1. The van der Waals surface area contributed by atoms with Gasteiger partial charge in [0.25, 0.3) is 5.56 Å². The fraction of sp³-hybridized carbons (Fsp3) is 0.143. The number of fused-ring (bicyclic) bond motifs is 1. The Morgan fingerprint density at radius 1 is 1.17 bits per heavy atom. The molecule has 3 aromatic rings. The first-order valence-electron chi connectivity index (χ1n) is 6.28. The van der Waals surface area contributed by atoms with Gasteiger partial charge in [-0.3, -0.25) is 9.78 Å². The topological polar surface area (TPSA) is 68.0 Å². The highest BCUT2D eigenvalue weighted by Crippen LogP contribution is 2.32. The van der Waals surface area contributed by atoms with Crippen LogP contribution in [0.2, 0.25) is 5.02 Å². The van der Waals surface area contributed by atoms with E-state index < -0.39 is 23.2 Å². The van der Waals surface area contributed by atoms with E-state index in [-0.39, 0.29) is 27.2 Å². The first-order chi connectivity index (χ1) is 10.7. The minimum atomic E-state index is -4.64. The molecule has 0 atom stereocenters. The summed E-state index contributed by atoms with van der Waals surface area (Å²) in [5.74, 6) is -0.700. The monoisotopic (exact) mass is 344 g/mol. The number of halogens is 4. The highest BCUT2D eigenvalue weighted by Gasteiger charge is 2.34. The molecule has 0 saturated heterocycles. The molecule has 0 aliphatic heterocycles. The fourth-order valence-electron chi connectivity index (χ4n) is 2.30. The van der Waals surface area contributed by atoms with Gasteiger partial charge in [-0.2, -0.15) is 13.2 Å². The van der Waals surface area contributed by atoms with Crippen LogP contribution in [0.25, 0.3) is 22.2 Å². The Hall–Kier alpha value is -2.48. The van der Waals surface area contributed by atoms with Crippen LogP contribution >= 0.6 is 11.6 Å². The molecule has 0 saturated carbocycles. The molecule has 0 amide bonds. The van der Waals surface area contributed by atoms with Gasteiger partial charge in [0.05, 0.1) is 10.5 Å². The van der Waals surface area contributed by atoms with Crippen LogP contribution in [0.5, 0.6) is 0 Å². The van der Waals surface area contributed by atoms with Crippen molar-refractivity contribution < 1.29 is 17.6 Å². The third-order valence-corrected chi connectivity index (χ3v) is 3.71. The number of oxazole rings is 1. The highest BCUT2D eigenvalue weighted by molar-refractivity contribution is 6.34. The van der Waals surface area contributed by atoms with Crippen molar-refractivity contribution in [2.75, 3.05) is 0 Å². The van der Waals surface area contributed by atoms with Crippen molar-refractivity contribution in [2.45, 2.75) is 6.18 Å². The first kappa shape index (κ1) is 15.4. The van der Waals surface area contributed by atoms with Crippen LogP contribution in [0.15, 0.2) is 38.3 Å². The predicted molar refractivity (Wildman–Crippen MR) is 77.5 cm³/mol. The Bertz CT molecular complexity index is 1030. The van der Waals surface area contributed by atoms with Gasteiger partial charge < -0.3 is 8.98 Å². The number of alkyl halides is 3. The molecule has 9 heteroatoms. The van der Waals surface area contributed by atoms with Gasteiger partial charge in [-0.15, -0.1) is 0 Å². The lowest BCUT2D eigenvalue weighted by molar-refractivity contribution is -0.143. The normalized spacial score (nSPS) is 12.0. The van der Waals surface area contributed by atoms with E-state index >= 15 is 0 Å². The largest absolute Gasteiger partial charge is 0.431 e. The minimum absolute atomic E-state index is 0.0190. The Morgan fingerprint density at radius 2 is 1.87 bits per heavy atom. The Kier molecular flexibility index (Phi) is 3.36. The summed E-state index contributed by atoms with van der Waals surface area (Å²) in [4.78, 5) is 25.8. The molecular weight excluding hydrogens is 337 g/mol. The summed E-state index contributed by atoms with van der Waals surface area (Å²) < 4.78 is 43.8. The molecule has 0 aliphatic rings. The maximum Gasteiger partial charge on any atom is 0.431 e. The molecule has 0 aliphatic carbocycles. The van der Waals surface area contributed by atoms with Gasteiger partial charge in [0.2, 0.25) is 0 Å². The third-order valence-electron chi connectivity index (χ3n) is 3.39. The average molecular weight is 345 g/mol. The molecule has 3 rings (SSSR count). The summed E-state index contributed by atoms with van der Waals surface area (Å²) in [6.07, 6.45) is -4.64. The molecule has 2 aromatic heterocycles. The molecule has 0 radical (unpaired) electrons. The third kappa shape index (κ3) is 2.55. The second kappa shape index (κ2) is 5.02. The van der Waals surface area contributed by atoms with Crippen molar-refractivity contribution in [3.05, 3.63) is 55.9 Å². The summed E-state index contributed by atoms with van der Waals surface area (Å²) in [5.41, 5.74) is -1.27. The van der Waals surface area contributed by atoms with Crippen LogP contribution in [0, 0.1) is 0 Å². The lowest BCUT2D eigenvalue weighted by Gasteiger charge is -2.13. The minimum Gasteiger partial charge on any atom is -0.408 e. The van der Waals surface area contributed by atoms with Gasteiger partial charge in [0.15, 0.2) is 5.58 Å². The Morgan fingerprint density at radius 3 is 2.52 bits per heavy atom. The number of pyridine rings is 1. The van der Waals surface area contributed by atoms with Crippen LogP contribution < -0.4 is 11.3 Å². The van der Waals surface area contributed by atoms with E-state index in [4.69, 9.17) is 16.0 Å². The number of hydrogen-bond acceptors (Lipinski definition) is 3. The van der Waals surface area contributed by atoms with Crippen molar-refractivity contribution in [1.82, 2.24) is 9.55 Å². The second-order valence-electron chi connectivity index (χ2n) is 4.84. The number of H-pyrrole nitrogens is 1. The van der Waals surface area contributed by atoms with Gasteiger partial charge in [-0.1, -0.05) is 11.6 Å². The van der Waals surface area contributed by atoms with E-state index in [1.807, 2.05) is 0 Å². The molecule has 1 aromatic carbocycles. The second-order valence-corrected chi connectivity index (χ2v) is 5.24. The number of nitrogens with one attached hydrogen (secondary N) is 1. The number of nitrogens with zero attached hydrogens (tertiary/aromatic N) is 1. The van der Waals surface area contributed by atoms with E-state index in [2.05, 4.69) is 4.98 Å². The molecular formula is C14H8ClF3N2O3. The lowest BCUT2D eigenvalue weighted by atomic mass is 10.1. The van der Waals surface area contributed by atoms with Gasteiger partial charge in [0, 0.05) is 24.2 Å². The quantitative estimate of drug-likeness (QED) is 0.737. The first-order valence-corrected chi connectivity index (χ1v) is 6.66. The molecule has 0 unspecified atom stereocenters. The summed E-state index contributed by atoms with van der Waals surface area (Å²) in [5, 5.41) is 0.0807. The van der Waals surface area contributed by atoms with Gasteiger partial charge in [-0.25, -0.2) is 4.79 Å². The molecule has 23 heavy (non-hydrogen) atoms.